The second-order valence-corrected chi connectivity index (χ2v) is 3.29. The maximum Gasteiger partial charge on any atom is 0.551 e. The summed E-state index contributed by atoms with van der Waals surface area (Å²) in [4.78, 5) is 10.5. The van der Waals surface area contributed by atoms with Crippen LogP contribution in [-0.4, -0.2) is 28.7 Å². The average molecular weight is 206 g/mol. The molecule has 0 amide bonds. The minimum atomic E-state index is -2.14. The molecule has 0 spiro atoms. The molecule has 0 bridgehead atoms. The molecule has 0 atom stereocenters. The second-order valence-electron chi connectivity index (χ2n) is 1.81. The van der Waals surface area contributed by atoms with Gasteiger partial charge in [0.15, 0.2) is 0 Å². The van der Waals surface area contributed by atoms with Crippen LogP contribution in [0.5, 0.6) is 0 Å². The highest BCUT2D eigenvalue weighted by molar-refractivity contribution is 6.39. The summed E-state index contributed by atoms with van der Waals surface area (Å²) in [5, 5.41) is 0. The molecule has 0 N–H and O–H groups in total. The van der Waals surface area contributed by atoms with Gasteiger partial charge in [-0.2, -0.15) is 0 Å². The summed E-state index contributed by atoms with van der Waals surface area (Å²) in [5.41, 5.74) is 0. The summed E-state index contributed by atoms with van der Waals surface area (Å²) < 4.78 is 14.9. The van der Waals surface area contributed by atoms with E-state index in [1.54, 1.807) is 0 Å². The molecule has 0 saturated carbocycles. The zero-order chi connectivity index (χ0) is 10.7. The molecule has 0 rings (SSSR count). The molecule has 0 aliphatic carbocycles. The maximum atomic E-state index is 10.5. The van der Waals surface area contributed by atoms with Crippen LogP contribution in [0.1, 0.15) is 20.8 Å². The van der Waals surface area contributed by atoms with E-state index in [4.69, 9.17) is 13.3 Å². The van der Waals surface area contributed by atoms with Crippen LogP contribution in [0.25, 0.3) is 0 Å². The maximum absolute atomic E-state index is 10.5. The van der Waals surface area contributed by atoms with E-state index in [1.165, 1.54) is 6.92 Å². The van der Waals surface area contributed by atoms with Gasteiger partial charge in [-0.05, 0) is 13.8 Å². The van der Waals surface area contributed by atoms with Crippen LogP contribution in [0.4, 0.5) is 0 Å². The first-order chi connectivity index (χ1) is 6.20. The number of rotatable bonds is 5. The quantitative estimate of drug-likeness (QED) is 0.500. The number of hydrogen-bond acceptors (Lipinski definition) is 4. The number of carbonyl (C=O) groups excluding carboxylic acids is 1. The summed E-state index contributed by atoms with van der Waals surface area (Å²) in [5.74, 6) is -0.344. The molecule has 13 heavy (non-hydrogen) atoms. The smallest absolute Gasteiger partial charge is 0.476 e. The van der Waals surface area contributed by atoms with E-state index in [1.807, 2.05) is 13.8 Å². The van der Waals surface area contributed by atoms with Crippen LogP contribution in [0.15, 0.2) is 13.2 Å². The molecule has 0 fully saturated rings. The highest BCUT2D eigenvalue weighted by Gasteiger charge is 2.16. The van der Waals surface area contributed by atoms with Crippen LogP contribution < -0.4 is 0 Å². The van der Waals surface area contributed by atoms with Crippen molar-refractivity contribution in [3.05, 3.63) is 13.2 Å². The topological polar surface area (TPSA) is 44.8 Å². The van der Waals surface area contributed by atoms with E-state index in [9.17, 15) is 4.79 Å². The van der Waals surface area contributed by atoms with E-state index < -0.39 is 9.53 Å². The molecule has 0 aromatic carbocycles. The third kappa shape index (κ3) is 11.3. The summed E-state index contributed by atoms with van der Waals surface area (Å²) in [6.07, 6.45) is 0. The predicted octanol–water partition coefficient (Wildman–Crippen LogP) is 1.14. The Labute approximate surface area is 81.5 Å². The van der Waals surface area contributed by atoms with E-state index in [0.717, 1.165) is 0 Å². The van der Waals surface area contributed by atoms with Gasteiger partial charge in [-0.25, -0.2) is 0 Å². The Morgan fingerprint density at radius 2 is 1.62 bits per heavy atom. The van der Waals surface area contributed by atoms with Crippen molar-refractivity contribution in [3.8, 4) is 0 Å². The molecule has 5 heteroatoms. The van der Waals surface area contributed by atoms with Crippen LogP contribution >= 0.6 is 0 Å². The molecule has 0 heterocycles. The number of carbonyl (C=O) groups is 1. The molecule has 0 aromatic rings. The van der Waals surface area contributed by atoms with Gasteiger partial charge < -0.3 is 13.3 Å². The first-order valence-electron chi connectivity index (χ1n) is 4.11. The van der Waals surface area contributed by atoms with Gasteiger partial charge in [0.2, 0.25) is 0 Å². The molecule has 0 aromatic heterocycles. The van der Waals surface area contributed by atoms with E-state index in [-0.39, 0.29) is 5.97 Å². The van der Waals surface area contributed by atoms with E-state index >= 15 is 0 Å². The van der Waals surface area contributed by atoms with Crippen molar-refractivity contribution in [3.63, 3.8) is 0 Å². The molecule has 78 valence electrons. The largest absolute Gasteiger partial charge is 0.551 e. The Balaban J connectivity index is 0. The predicted molar refractivity (Wildman–Crippen MR) is 53.4 cm³/mol. The Kier molecular flexibility index (Phi) is 13.0. The fourth-order valence-corrected chi connectivity index (χ4v) is 1.57. The molecule has 0 radical (unpaired) electrons. The Morgan fingerprint density at radius 3 is 1.85 bits per heavy atom. The first kappa shape index (κ1) is 14.8. The van der Waals surface area contributed by atoms with Gasteiger partial charge in [0.25, 0.3) is 5.97 Å². The lowest BCUT2D eigenvalue weighted by atomic mass is 10.9. The molecule has 0 aliphatic rings. The normalized spacial score (nSPS) is 8.92. The molecule has 0 unspecified atom stereocenters. The molecular formula is C8H18O4Si. The first-order valence-corrected chi connectivity index (χ1v) is 5.52. The Morgan fingerprint density at radius 1 is 1.23 bits per heavy atom. The lowest BCUT2D eigenvalue weighted by molar-refractivity contribution is -0.135. The van der Waals surface area contributed by atoms with Gasteiger partial charge in [-0.3, -0.25) is 4.79 Å². The molecule has 4 nitrogen and oxygen atoms in total. The summed E-state index contributed by atoms with van der Waals surface area (Å²) >= 11 is 0. The van der Waals surface area contributed by atoms with Gasteiger partial charge in [0.05, 0.1) is 0 Å². The number of hydrogen-bond donors (Lipinski definition) is 0. The minimum Gasteiger partial charge on any atom is -0.476 e. The van der Waals surface area contributed by atoms with Gasteiger partial charge in [-0.1, -0.05) is 0 Å². The van der Waals surface area contributed by atoms with Crippen LogP contribution in [0.3, 0.4) is 0 Å². The van der Waals surface area contributed by atoms with Crippen molar-refractivity contribution in [2.45, 2.75) is 20.8 Å². The fraction of sp³-hybridized carbons (Fsp3) is 0.625. The lowest BCUT2D eigenvalue weighted by Gasteiger charge is -2.12. The van der Waals surface area contributed by atoms with Gasteiger partial charge in [0.1, 0.15) is 0 Å². The third-order valence-corrected chi connectivity index (χ3v) is 2.60. The van der Waals surface area contributed by atoms with Crippen molar-refractivity contribution in [2.75, 3.05) is 13.2 Å². The zero-order valence-electron chi connectivity index (χ0n) is 8.54. The van der Waals surface area contributed by atoms with Crippen molar-refractivity contribution < 1.29 is 18.1 Å². The van der Waals surface area contributed by atoms with Crippen LogP contribution in [-0.2, 0) is 18.1 Å². The van der Waals surface area contributed by atoms with Crippen LogP contribution in [0.2, 0.25) is 0 Å². The minimum absolute atomic E-state index is 0.344. The SMILES string of the molecule is C=C.CCO[SiH](OCC)OC(C)=O. The van der Waals surface area contributed by atoms with Crippen molar-refractivity contribution in [1.29, 1.82) is 0 Å². The Bertz CT molecular complexity index is 123. The highest BCUT2D eigenvalue weighted by Crippen LogP contribution is 1.92. The van der Waals surface area contributed by atoms with Gasteiger partial charge >= 0.3 is 9.53 Å². The standard InChI is InChI=1S/C6H14O4Si.C2H4/c1-4-8-11(9-5-2)10-6(3)7;1-2/h11H,4-5H2,1-3H3;1-2H2. The van der Waals surface area contributed by atoms with E-state index in [0.29, 0.717) is 13.2 Å². The van der Waals surface area contributed by atoms with Gasteiger partial charge in [0, 0.05) is 20.1 Å². The van der Waals surface area contributed by atoms with Gasteiger partial charge in [-0.15, -0.1) is 13.2 Å². The third-order valence-electron chi connectivity index (χ3n) is 0.868. The van der Waals surface area contributed by atoms with Crippen molar-refractivity contribution >= 4 is 15.5 Å². The summed E-state index contributed by atoms with van der Waals surface area (Å²) in [6.45, 7) is 12.1. The fourth-order valence-electron chi connectivity index (χ4n) is 0.524. The average Bonchev–Trinajstić information content (AvgIpc) is 2.08. The van der Waals surface area contributed by atoms with Crippen molar-refractivity contribution in [2.24, 2.45) is 0 Å². The van der Waals surface area contributed by atoms with Crippen LogP contribution in [0, 0.1) is 0 Å². The molecular weight excluding hydrogens is 188 g/mol. The summed E-state index contributed by atoms with van der Waals surface area (Å²) in [6, 6.07) is 0. The van der Waals surface area contributed by atoms with Crippen molar-refractivity contribution in [1.82, 2.24) is 0 Å². The van der Waals surface area contributed by atoms with E-state index in [2.05, 4.69) is 13.2 Å². The Hall–Kier alpha value is -0.653. The second kappa shape index (κ2) is 11.3. The zero-order valence-corrected chi connectivity index (χ0v) is 9.69. The molecule has 0 aliphatic heterocycles. The lowest BCUT2D eigenvalue weighted by Crippen LogP contribution is -2.29. The highest BCUT2D eigenvalue weighted by atomic mass is 28.3. The monoisotopic (exact) mass is 206 g/mol. The molecule has 0 saturated heterocycles. The summed E-state index contributed by atoms with van der Waals surface area (Å²) in [7, 11) is -2.14.